The minimum Gasteiger partial charge on any atom is -0.395 e. The van der Waals surface area contributed by atoms with Crippen LogP contribution in [0, 0.1) is 11.8 Å². The summed E-state index contributed by atoms with van der Waals surface area (Å²) in [6.45, 7) is 3.61. The van der Waals surface area contributed by atoms with Crippen LogP contribution in [0.4, 0.5) is 0 Å². The minimum atomic E-state index is -0.105. The molecule has 0 unspecified atom stereocenters. The number of ether oxygens (including phenoxy) is 1. The molecule has 0 heterocycles. The molecule has 5 heteroatoms. The molecule has 0 aromatic heterocycles. The van der Waals surface area contributed by atoms with E-state index in [9.17, 15) is 4.79 Å². The van der Waals surface area contributed by atoms with Crippen LogP contribution in [0.1, 0.15) is 29.3 Å². The summed E-state index contributed by atoms with van der Waals surface area (Å²) in [6.07, 6.45) is 0.400. The summed E-state index contributed by atoms with van der Waals surface area (Å²) in [6, 6.07) is 5.04. The van der Waals surface area contributed by atoms with Crippen molar-refractivity contribution in [2.45, 2.75) is 13.3 Å². The van der Waals surface area contributed by atoms with E-state index >= 15 is 0 Å². The largest absolute Gasteiger partial charge is 0.395 e. The molecule has 0 fully saturated rings. The lowest BCUT2D eigenvalue weighted by Gasteiger charge is -2.17. The fourth-order valence-corrected chi connectivity index (χ4v) is 1.86. The summed E-state index contributed by atoms with van der Waals surface area (Å²) in [7, 11) is 1.73. The number of carbonyl (C=O) groups is 1. The number of rotatable bonds is 6. The third kappa shape index (κ3) is 5.76. The molecular weight excluding hydrogens is 290 g/mol. The van der Waals surface area contributed by atoms with Gasteiger partial charge in [-0.05, 0) is 25.1 Å². The Morgan fingerprint density at radius 1 is 1.48 bits per heavy atom. The number of carbonyl (C=O) groups excluding carboxylic acids is 1. The SMILES string of the molecule is CCOCCN(C)C(=O)c1ccc(C#CCCO)c(Cl)c1. The van der Waals surface area contributed by atoms with E-state index in [1.165, 1.54) is 0 Å². The Morgan fingerprint density at radius 2 is 2.24 bits per heavy atom. The Balaban J connectivity index is 2.74. The molecular formula is C16H20ClNO3. The number of halogens is 1. The number of nitrogens with zero attached hydrogens (tertiary/aromatic N) is 1. The van der Waals surface area contributed by atoms with E-state index < -0.39 is 0 Å². The first-order chi connectivity index (χ1) is 10.1. The number of aliphatic hydroxyl groups is 1. The van der Waals surface area contributed by atoms with E-state index in [2.05, 4.69) is 11.8 Å². The molecule has 4 nitrogen and oxygen atoms in total. The second-order valence-electron chi connectivity index (χ2n) is 4.39. The lowest BCUT2D eigenvalue weighted by molar-refractivity contribution is 0.0710. The van der Waals surface area contributed by atoms with Crippen molar-refractivity contribution >= 4 is 17.5 Å². The molecule has 0 aliphatic carbocycles. The molecule has 1 aromatic rings. The number of hydrogen-bond acceptors (Lipinski definition) is 3. The number of benzene rings is 1. The van der Waals surface area contributed by atoms with Crippen LogP contribution in [0.5, 0.6) is 0 Å². The van der Waals surface area contributed by atoms with Gasteiger partial charge in [-0.3, -0.25) is 4.79 Å². The summed E-state index contributed by atoms with van der Waals surface area (Å²) >= 11 is 6.12. The molecule has 0 radical (unpaired) electrons. The van der Waals surface area contributed by atoms with Gasteiger partial charge in [0.2, 0.25) is 0 Å². The molecule has 0 atom stereocenters. The highest BCUT2D eigenvalue weighted by Gasteiger charge is 2.12. The van der Waals surface area contributed by atoms with Crippen molar-refractivity contribution in [1.82, 2.24) is 4.90 Å². The van der Waals surface area contributed by atoms with Gasteiger partial charge >= 0.3 is 0 Å². The lowest BCUT2D eigenvalue weighted by Crippen LogP contribution is -2.30. The lowest BCUT2D eigenvalue weighted by atomic mass is 10.1. The minimum absolute atomic E-state index is 0.0197. The molecule has 1 rings (SSSR count). The van der Waals surface area contributed by atoms with Gasteiger partial charge in [-0.1, -0.05) is 23.4 Å². The summed E-state index contributed by atoms with van der Waals surface area (Å²) in [5, 5.41) is 9.12. The van der Waals surface area contributed by atoms with Crippen LogP contribution in [-0.2, 0) is 4.74 Å². The number of hydrogen-bond donors (Lipinski definition) is 1. The smallest absolute Gasteiger partial charge is 0.253 e. The van der Waals surface area contributed by atoms with Gasteiger partial charge in [-0.15, -0.1) is 0 Å². The van der Waals surface area contributed by atoms with Gasteiger partial charge in [0.1, 0.15) is 0 Å². The number of aliphatic hydroxyl groups excluding tert-OH is 1. The number of likely N-dealkylation sites (N-methyl/N-ethyl adjacent to an activating group) is 1. The van der Waals surface area contributed by atoms with E-state index in [4.69, 9.17) is 21.4 Å². The average Bonchev–Trinajstić information content (AvgIpc) is 2.48. The maximum absolute atomic E-state index is 12.2. The molecule has 0 saturated carbocycles. The maximum atomic E-state index is 12.2. The zero-order valence-electron chi connectivity index (χ0n) is 12.4. The summed E-state index contributed by atoms with van der Waals surface area (Å²) in [4.78, 5) is 13.8. The van der Waals surface area contributed by atoms with Crippen LogP contribution >= 0.6 is 11.6 Å². The first-order valence-electron chi connectivity index (χ1n) is 6.82. The van der Waals surface area contributed by atoms with Gasteiger partial charge in [0, 0.05) is 37.7 Å². The second-order valence-corrected chi connectivity index (χ2v) is 4.80. The molecule has 114 valence electrons. The quantitative estimate of drug-likeness (QED) is 0.647. The maximum Gasteiger partial charge on any atom is 0.253 e. The molecule has 0 aliphatic heterocycles. The van der Waals surface area contributed by atoms with Gasteiger partial charge in [0.25, 0.3) is 5.91 Å². The predicted molar refractivity (Wildman–Crippen MR) is 83.5 cm³/mol. The van der Waals surface area contributed by atoms with Crippen LogP contribution in [0.3, 0.4) is 0 Å². The van der Waals surface area contributed by atoms with Crippen molar-refractivity contribution < 1.29 is 14.6 Å². The van der Waals surface area contributed by atoms with Gasteiger partial charge < -0.3 is 14.7 Å². The summed E-state index contributed by atoms with van der Waals surface area (Å²) in [5.41, 5.74) is 1.17. The third-order valence-electron chi connectivity index (χ3n) is 2.80. The average molecular weight is 310 g/mol. The highest BCUT2D eigenvalue weighted by atomic mass is 35.5. The van der Waals surface area contributed by atoms with E-state index in [0.29, 0.717) is 42.3 Å². The molecule has 0 bridgehead atoms. The van der Waals surface area contributed by atoms with Crippen LogP contribution < -0.4 is 0 Å². The molecule has 21 heavy (non-hydrogen) atoms. The van der Waals surface area contributed by atoms with Gasteiger partial charge in [0.05, 0.1) is 18.2 Å². The zero-order valence-corrected chi connectivity index (χ0v) is 13.1. The van der Waals surface area contributed by atoms with Crippen molar-refractivity contribution in [1.29, 1.82) is 0 Å². The molecule has 0 aliphatic rings. The molecule has 1 amide bonds. The van der Waals surface area contributed by atoms with Crippen molar-refractivity contribution in [3.8, 4) is 11.8 Å². The zero-order chi connectivity index (χ0) is 15.7. The highest BCUT2D eigenvalue weighted by Crippen LogP contribution is 2.18. The fourth-order valence-electron chi connectivity index (χ4n) is 1.63. The summed E-state index contributed by atoms with van der Waals surface area (Å²) < 4.78 is 5.23. The van der Waals surface area contributed by atoms with E-state index in [1.807, 2.05) is 6.92 Å². The second kappa shape index (κ2) is 9.41. The normalized spacial score (nSPS) is 9.90. The molecule has 0 spiro atoms. The van der Waals surface area contributed by atoms with Crippen LogP contribution in [0.25, 0.3) is 0 Å². The highest BCUT2D eigenvalue weighted by molar-refractivity contribution is 6.32. The first kappa shape index (κ1) is 17.5. The van der Waals surface area contributed by atoms with Gasteiger partial charge in [-0.25, -0.2) is 0 Å². The fraction of sp³-hybridized carbons (Fsp3) is 0.438. The Labute approximate surface area is 130 Å². The topological polar surface area (TPSA) is 49.8 Å². The molecule has 1 aromatic carbocycles. The van der Waals surface area contributed by atoms with Crippen molar-refractivity contribution in [2.75, 3.05) is 33.4 Å². The first-order valence-corrected chi connectivity index (χ1v) is 7.20. The van der Waals surface area contributed by atoms with Gasteiger partial charge in [0.15, 0.2) is 0 Å². The van der Waals surface area contributed by atoms with E-state index in [1.54, 1.807) is 30.1 Å². The van der Waals surface area contributed by atoms with Crippen molar-refractivity contribution in [2.24, 2.45) is 0 Å². The van der Waals surface area contributed by atoms with E-state index in [0.717, 1.165) is 0 Å². The van der Waals surface area contributed by atoms with Crippen molar-refractivity contribution in [3.63, 3.8) is 0 Å². The monoisotopic (exact) mass is 309 g/mol. The summed E-state index contributed by atoms with van der Waals surface area (Å²) in [5.74, 6) is 5.56. The Hall–Kier alpha value is -1.54. The molecule has 0 saturated heterocycles. The molecule has 1 N–H and O–H groups in total. The van der Waals surface area contributed by atoms with Crippen LogP contribution in [0.15, 0.2) is 18.2 Å². The van der Waals surface area contributed by atoms with Gasteiger partial charge in [-0.2, -0.15) is 0 Å². The standard InChI is InChI=1S/C16H20ClNO3/c1-3-21-11-9-18(2)16(20)14-8-7-13(15(17)12-14)6-4-5-10-19/h7-8,12,19H,3,5,9-11H2,1-2H3. The van der Waals surface area contributed by atoms with Crippen LogP contribution in [0.2, 0.25) is 5.02 Å². The van der Waals surface area contributed by atoms with Crippen molar-refractivity contribution in [3.05, 3.63) is 34.3 Å². The van der Waals surface area contributed by atoms with E-state index in [-0.39, 0.29) is 12.5 Å². The van der Waals surface area contributed by atoms with Crippen LogP contribution in [-0.4, -0.2) is 49.3 Å². The Morgan fingerprint density at radius 3 is 2.86 bits per heavy atom. The third-order valence-corrected chi connectivity index (χ3v) is 3.11. The Bertz CT molecular complexity index is 534. The predicted octanol–water partition coefficient (Wildman–Crippen LogP) is 2.18. The Kier molecular flexibility index (Phi) is 7.84. The number of amides is 1.